The number of nitrogens with one attached hydrogen (secondary N) is 3. The van der Waals surface area contributed by atoms with Crippen molar-refractivity contribution in [2.24, 2.45) is 0 Å². The molecule has 2 aliphatic rings. The van der Waals surface area contributed by atoms with Crippen LogP contribution in [0.15, 0.2) is 46.2 Å². The van der Waals surface area contributed by atoms with Crippen LogP contribution in [0, 0.1) is 17.0 Å². The molecule has 1 aliphatic heterocycles. The summed E-state index contributed by atoms with van der Waals surface area (Å²) in [5.74, 6) is -0.281. The number of carbonyl (C=O) groups is 2. The number of rotatable bonds is 7. The van der Waals surface area contributed by atoms with Crippen LogP contribution in [0.5, 0.6) is 0 Å². The molecule has 0 bridgehead atoms. The summed E-state index contributed by atoms with van der Waals surface area (Å²) in [4.78, 5) is 39.3. The third kappa shape index (κ3) is 5.17. The minimum atomic E-state index is -0.962. The quantitative estimate of drug-likeness (QED) is 0.353. The van der Waals surface area contributed by atoms with Gasteiger partial charge >= 0.3 is 0 Å². The van der Waals surface area contributed by atoms with Gasteiger partial charge in [0.25, 0.3) is 5.91 Å². The first-order valence-corrected chi connectivity index (χ1v) is 12.4. The number of thiophene rings is 1. The van der Waals surface area contributed by atoms with E-state index in [1.54, 1.807) is 23.1 Å². The van der Waals surface area contributed by atoms with Crippen LogP contribution in [0.25, 0.3) is 0 Å². The highest BCUT2D eigenvalue weighted by atomic mass is 79.9. The predicted octanol–water partition coefficient (Wildman–Crippen LogP) is 3.92. The van der Waals surface area contributed by atoms with Crippen molar-refractivity contribution in [2.45, 2.75) is 38.1 Å². The lowest BCUT2D eigenvalue weighted by atomic mass is 9.95. The number of nitrogens with zero attached hydrogens (tertiary/aromatic N) is 2. The summed E-state index contributed by atoms with van der Waals surface area (Å²) < 4.78 is 6.07. The molecular formula is C22H24BrN5O5S. The van der Waals surface area contributed by atoms with Crippen molar-refractivity contribution in [2.75, 3.05) is 23.4 Å². The first-order chi connectivity index (χ1) is 16.3. The first-order valence-electron chi connectivity index (χ1n) is 10.8. The topological polar surface area (TPSA) is 126 Å². The number of anilines is 2. The second-order valence-corrected chi connectivity index (χ2v) is 10.7. The minimum absolute atomic E-state index is 0.226. The smallest absolute Gasteiger partial charge is 0.262 e. The van der Waals surface area contributed by atoms with Crippen molar-refractivity contribution >= 4 is 50.5 Å². The molecule has 0 unspecified atom stereocenters. The molecule has 34 heavy (non-hydrogen) atoms. The Morgan fingerprint density at radius 3 is 2.65 bits per heavy atom. The van der Waals surface area contributed by atoms with E-state index in [-0.39, 0.29) is 17.6 Å². The van der Waals surface area contributed by atoms with Crippen molar-refractivity contribution in [1.82, 2.24) is 10.7 Å². The number of benzene rings is 1. The van der Waals surface area contributed by atoms with Gasteiger partial charge in [-0.2, -0.15) is 0 Å². The zero-order chi connectivity index (χ0) is 24.3. The molecule has 2 amide bonds. The molecule has 1 saturated carbocycles. The van der Waals surface area contributed by atoms with Gasteiger partial charge in [-0.05, 0) is 71.6 Å². The normalized spacial score (nSPS) is 16.9. The Labute approximate surface area is 208 Å². The summed E-state index contributed by atoms with van der Waals surface area (Å²) in [6, 6.07) is 8.90. The van der Waals surface area contributed by atoms with Crippen molar-refractivity contribution in [3.8, 4) is 0 Å². The number of hydrazine groups is 1. The third-order valence-corrected chi connectivity index (χ3v) is 7.53. The Morgan fingerprint density at radius 1 is 1.24 bits per heavy atom. The number of hydrogen-bond acceptors (Lipinski definition) is 7. The van der Waals surface area contributed by atoms with Crippen LogP contribution < -0.4 is 21.0 Å². The van der Waals surface area contributed by atoms with E-state index in [1.165, 1.54) is 17.6 Å². The molecule has 2 heterocycles. The summed E-state index contributed by atoms with van der Waals surface area (Å²) in [5.41, 5.74) is 3.36. The Hall–Kier alpha value is -3.12. The maximum Gasteiger partial charge on any atom is 0.262 e. The van der Waals surface area contributed by atoms with Crippen LogP contribution in [0.1, 0.15) is 40.9 Å². The van der Waals surface area contributed by atoms with Gasteiger partial charge in [0.1, 0.15) is 18.4 Å². The first kappa shape index (κ1) is 24.0. The molecule has 0 saturated heterocycles. The second-order valence-electron chi connectivity index (χ2n) is 8.20. The number of amides is 2. The van der Waals surface area contributed by atoms with E-state index in [2.05, 4.69) is 32.0 Å². The summed E-state index contributed by atoms with van der Waals surface area (Å²) in [7, 11) is 0. The van der Waals surface area contributed by atoms with Crippen LogP contribution in [0.2, 0.25) is 0 Å². The van der Waals surface area contributed by atoms with Gasteiger partial charge in [-0.15, -0.1) is 11.3 Å². The maximum atomic E-state index is 13.3. The predicted molar refractivity (Wildman–Crippen MR) is 132 cm³/mol. The lowest BCUT2D eigenvalue weighted by molar-refractivity contribution is -0.536. The van der Waals surface area contributed by atoms with Gasteiger partial charge in [0.05, 0.1) is 15.2 Å². The van der Waals surface area contributed by atoms with Gasteiger partial charge in [0, 0.05) is 11.4 Å². The van der Waals surface area contributed by atoms with Crippen LogP contribution in [0.3, 0.4) is 0 Å². The van der Waals surface area contributed by atoms with Crippen molar-refractivity contribution < 1.29 is 19.4 Å². The van der Waals surface area contributed by atoms with Gasteiger partial charge in [0.15, 0.2) is 5.03 Å². The van der Waals surface area contributed by atoms with Crippen LogP contribution >= 0.6 is 27.3 Å². The van der Waals surface area contributed by atoms with Crippen molar-refractivity contribution in [1.29, 1.82) is 0 Å². The number of ether oxygens (including phenoxy) is 1. The molecule has 1 aliphatic carbocycles. The molecule has 4 rings (SSSR count). The fraction of sp³-hybridized carbons (Fsp3) is 0.364. The number of halogens is 1. The van der Waals surface area contributed by atoms with E-state index in [4.69, 9.17) is 4.74 Å². The van der Waals surface area contributed by atoms with E-state index in [0.717, 1.165) is 27.9 Å². The number of hydrogen-bond donors (Lipinski definition) is 3. The summed E-state index contributed by atoms with van der Waals surface area (Å²) in [6.45, 7) is 2.70. The standard InChI is InChI=1S/C22H24BrN5O5S/c1-14-12-15(4-5-16(14)27-10-11-33-13-19(27)26-28(31)32)24-21(30)22(8-2-3-9-22)25-20(29)17-6-7-18(23)34-17/h4-7,12-13,26H,2-3,8-11H2,1H3,(H,24,30)(H,25,29). The molecule has 1 aromatic heterocycles. The molecule has 0 radical (unpaired) electrons. The van der Waals surface area contributed by atoms with Gasteiger partial charge in [-0.25, -0.2) is 10.1 Å². The average Bonchev–Trinajstić information content (AvgIpc) is 3.44. The Morgan fingerprint density at radius 2 is 2.00 bits per heavy atom. The Kier molecular flexibility index (Phi) is 7.08. The highest BCUT2D eigenvalue weighted by Gasteiger charge is 2.43. The molecule has 1 aromatic carbocycles. The summed E-state index contributed by atoms with van der Waals surface area (Å²) in [6.07, 6.45) is 4.18. The fourth-order valence-electron chi connectivity index (χ4n) is 4.29. The van der Waals surface area contributed by atoms with Crippen LogP contribution in [0.4, 0.5) is 11.4 Å². The summed E-state index contributed by atoms with van der Waals surface area (Å²) in [5, 5.41) is 16.2. The molecular weight excluding hydrogens is 526 g/mol. The van der Waals surface area contributed by atoms with E-state index >= 15 is 0 Å². The Bertz CT molecular complexity index is 1140. The molecule has 10 nitrogen and oxygen atoms in total. The van der Waals surface area contributed by atoms with E-state index in [1.807, 2.05) is 19.1 Å². The fourth-order valence-corrected chi connectivity index (χ4v) is 5.57. The van der Waals surface area contributed by atoms with Gasteiger partial charge in [-0.1, -0.05) is 18.3 Å². The minimum Gasteiger partial charge on any atom is -0.495 e. The lowest BCUT2D eigenvalue weighted by Gasteiger charge is -2.30. The molecule has 1 fully saturated rings. The summed E-state index contributed by atoms with van der Waals surface area (Å²) >= 11 is 4.69. The Balaban J connectivity index is 1.50. The van der Waals surface area contributed by atoms with E-state index in [9.17, 15) is 19.7 Å². The number of carbonyl (C=O) groups excluding carboxylic acids is 2. The van der Waals surface area contributed by atoms with Gasteiger partial charge in [-0.3, -0.25) is 9.59 Å². The SMILES string of the molecule is Cc1cc(NC(=O)C2(NC(=O)c3ccc(Br)s3)CCCC2)ccc1N1CCOC=C1N[N+](=O)[O-]. The maximum absolute atomic E-state index is 13.3. The van der Waals surface area contributed by atoms with E-state index in [0.29, 0.717) is 36.6 Å². The lowest BCUT2D eigenvalue weighted by Crippen LogP contribution is -2.54. The van der Waals surface area contributed by atoms with Crippen molar-refractivity contribution in [3.05, 3.63) is 66.8 Å². The highest BCUT2D eigenvalue weighted by Crippen LogP contribution is 2.33. The van der Waals surface area contributed by atoms with Gasteiger partial charge in [0.2, 0.25) is 11.7 Å². The molecule has 2 aromatic rings. The molecule has 0 spiro atoms. The van der Waals surface area contributed by atoms with Gasteiger partial charge < -0.3 is 20.3 Å². The zero-order valence-electron chi connectivity index (χ0n) is 18.4. The largest absolute Gasteiger partial charge is 0.495 e. The van der Waals surface area contributed by atoms with Crippen LogP contribution in [-0.2, 0) is 9.53 Å². The molecule has 3 N–H and O–H groups in total. The van der Waals surface area contributed by atoms with E-state index < -0.39 is 10.6 Å². The third-order valence-electron chi connectivity index (χ3n) is 5.91. The second kappa shape index (κ2) is 10.0. The zero-order valence-corrected chi connectivity index (χ0v) is 20.8. The molecule has 180 valence electrons. The number of aryl methyl sites for hydroxylation is 1. The monoisotopic (exact) mass is 549 g/mol. The molecule has 12 heteroatoms. The number of nitro groups is 1. The van der Waals surface area contributed by atoms with Crippen molar-refractivity contribution in [3.63, 3.8) is 0 Å². The van der Waals surface area contributed by atoms with Crippen LogP contribution in [-0.4, -0.2) is 35.5 Å². The highest BCUT2D eigenvalue weighted by molar-refractivity contribution is 9.11. The molecule has 0 atom stereocenters. The average molecular weight is 550 g/mol.